The first-order chi connectivity index (χ1) is 9.95. The van der Waals surface area contributed by atoms with Gasteiger partial charge in [-0.1, -0.05) is 12.1 Å². The Hall–Kier alpha value is -2.24. The molecular weight excluding hydrogens is 280 g/mol. The fourth-order valence-corrected chi connectivity index (χ4v) is 1.83. The quantitative estimate of drug-likeness (QED) is 0.572. The summed E-state index contributed by atoms with van der Waals surface area (Å²) in [7, 11) is 0. The molecule has 1 rings (SSSR count). The minimum absolute atomic E-state index is 0.229. The summed E-state index contributed by atoms with van der Waals surface area (Å²) in [5.74, 6) is -3.57. The lowest BCUT2D eigenvalue weighted by molar-refractivity contribution is -0.142. The summed E-state index contributed by atoms with van der Waals surface area (Å²) in [5.41, 5.74) is -0.370. The number of carbonyl (C=O) groups is 2. The number of aliphatic carboxylic acids is 1. The highest BCUT2D eigenvalue weighted by Crippen LogP contribution is 2.13. The van der Waals surface area contributed by atoms with Gasteiger partial charge in [-0.25, -0.2) is 13.6 Å². The number of nitrogens with one attached hydrogen (secondary N) is 1. The number of carbonyl (C=O) groups excluding carboxylic acids is 1. The second-order valence-corrected chi connectivity index (χ2v) is 4.55. The van der Waals surface area contributed by atoms with Crippen molar-refractivity contribution in [3.8, 4) is 0 Å². The van der Waals surface area contributed by atoms with Gasteiger partial charge in [0.1, 0.15) is 17.7 Å². The van der Waals surface area contributed by atoms with E-state index >= 15 is 0 Å². The van der Waals surface area contributed by atoms with Crippen molar-refractivity contribution in [3.05, 3.63) is 48.1 Å². The van der Waals surface area contributed by atoms with Crippen LogP contribution in [0.4, 0.5) is 8.78 Å². The number of hydrogen-bond acceptors (Lipinski definition) is 2. The number of halogens is 2. The van der Waals surface area contributed by atoms with E-state index in [1.807, 2.05) is 0 Å². The smallest absolute Gasteiger partial charge is 0.326 e. The number of amides is 1. The van der Waals surface area contributed by atoms with E-state index in [0.717, 1.165) is 12.1 Å². The van der Waals surface area contributed by atoms with E-state index in [2.05, 4.69) is 11.9 Å². The molecule has 0 aromatic heterocycles. The Morgan fingerprint density at radius 1 is 1.33 bits per heavy atom. The number of allylic oxidation sites excluding steroid dienone is 1. The van der Waals surface area contributed by atoms with Gasteiger partial charge in [0.2, 0.25) is 5.91 Å². The van der Waals surface area contributed by atoms with Crippen LogP contribution < -0.4 is 5.32 Å². The summed E-state index contributed by atoms with van der Waals surface area (Å²) < 4.78 is 26.8. The van der Waals surface area contributed by atoms with Crippen LogP contribution in [0.2, 0.25) is 0 Å². The monoisotopic (exact) mass is 297 g/mol. The molecular formula is C15H17F2NO3. The Morgan fingerprint density at radius 3 is 2.48 bits per heavy atom. The summed E-state index contributed by atoms with van der Waals surface area (Å²) in [5, 5.41) is 11.3. The van der Waals surface area contributed by atoms with Gasteiger partial charge in [-0.05, 0) is 31.4 Å². The highest BCUT2D eigenvalue weighted by Gasteiger charge is 2.21. The Kier molecular flexibility index (Phi) is 6.52. The van der Waals surface area contributed by atoms with Gasteiger partial charge < -0.3 is 10.4 Å². The molecule has 1 aromatic rings. The molecule has 6 heteroatoms. The van der Waals surface area contributed by atoms with Crippen LogP contribution in [0.25, 0.3) is 0 Å². The van der Waals surface area contributed by atoms with Crippen molar-refractivity contribution in [2.45, 2.75) is 31.7 Å². The maximum atomic E-state index is 13.4. The van der Waals surface area contributed by atoms with E-state index in [0.29, 0.717) is 12.8 Å². The van der Waals surface area contributed by atoms with Crippen LogP contribution in [0.15, 0.2) is 30.9 Å². The van der Waals surface area contributed by atoms with Crippen LogP contribution in [-0.4, -0.2) is 23.0 Å². The predicted molar refractivity (Wildman–Crippen MR) is 73.7 cm³/mol. The third-order valence-corrected chi connectivity index (χ3v) is 2.93. The van der Waals surface area contributed by atoms with Crippen LogP contribution in [0.1, 0.15) is 24.8 Å². The normalized spacial score (nSPS) is 11.7. The Balaban J connectivity index is 2.65. The summed E-state index contributed by atoms with van der Waals surface area (Å²) in [6.07, 6.45) is 2.52. The summed E-state index contributed by atoms with van der Waals surface area (Å²) in [4.78, 5) is 22.8. The minimum atomic E-state index is -1.18. The molecule has 1 atom stereocenters. The standard InChI is InChI=1S/C15H17F2NO3/c1-2-3-4-8-13(15(20)21)18-14(19)9-10-11(16)6-5-7-12(10)17/h2,5-7,13H,1,3-4,8-9H2,(H,18,19)(H,20,21)/t13-/m1/s1. The maximum absolute atomic E-state index is 13.4. The van der Waals surface area contributed by atoms with Gasteiger partial charge in [0, 0.05) is 5.56 Å². The molecule has 0 spiro atoms. The van der Waals surface area contributed by atoms with E-state index in [4.69, 9.17) is 5.11 Å². The van der Waals surface area contributed by atoms with Gasteiger partial charge in [-0.2, -0.15) is 0 Å². The van der Waals surface area contributed by atoms with Crippen molar-refractivity contribution in [2.24, 2.45) is 0 Å². The second-order valence-electron chi connectivity index (χ2n) is 4.55. The first-order valence-electron chi connectivity index (χ1n) is 6.51. The molecule has 1 aromatic carbocycles. The molecule has 1 amide bonds. The number of carboxylic acid groups (broad SMARTS) is 1. The fraction of sp³-hybridized carbons (Fsp3) is 0.333. The molecule has 114 valence electrons. The van der Waals surface area contributed by atoms with Gasteiger partial charge in [-0.3, -0.25) is 4.79 Å². The number of unbranched alkanes of at least 4 members (excludes halogenated alkanes) is 1. The Labute approximate surface area is 121 Å². The molecule has 0 saturated heterocycles. The fourth-order valence-electron chi connectivity index (χ4n) is 1.83. The minimum Gasteiger partial charge on any atom is -0.480 e. The van der Waals surface area contributed by atoms with E-state index in [1.54, 1.807) is 6.08 Å². The number of benzene rings is 1. The zero-order valence-electron chi connectivity index (χ0n) is 11.4. The zero-order chi connectivity index (χ0) is 15.8. The van der Waals surface area contributed by atoms with Crippen molar-refractivity contribution in [1.82, 2.24) is 5.32 Å². The molecule has 2 N–H and O–H groups in total. The average molecular weight is 297 g/mol. The highest BCUT2D eigenvalue weighted by molar-refractivity contribution is 5.84. The topological polar surface area (TPSA) is 66.4 Å². The molecule has 0 unspecified atom stereocenters. The Morgan fingerprint density at radius 2 is 1.95 bits per heavy atom. The van der Waals surface area contributed by atoms with Gasteiger partial charge in [0.05, 0.1) is 6.42 Å². The number of rotatable bonds is 8. The van der Waals surface area contributed by atoms with Crippen LogP contribution in [-0.2, 0) is 16.0 Å². The molecule has 21 heavy (non-hydrogen) atoms. The van der Waals surface area contributed by atoms with Crippen molar-refractivity contribution in [3.63, 3.8) is 0 Å². The van der Waals surface area contributed by atoms with Crippen LogP contribution in [0.3, 0.4) is 0 Å². The third-order valence-electron chi connectivity index (χ3n) is 2.93. The van der Waals surface area contributed by atoms with E-state index in [-0.39, 0.29) is 12.0 Å². The number of carboxylic acids is 1. The first kappa shape index (κ1) is 16.8. The summed E-state index contributed by atoms with van der Waals surface area (Å²) in [6, 6.07) is 2.21. The van der Waals surface area contributed by atoms with Gasteiger partial charge in [0.15, 0.2) is 0 Å². The van der Waals surface area contributed by atoms with Gasteiger partial charge in [-0.15, -0.1) is 6.58 Å². The van der Waals surface area contributed by atoms with Crippen molar-refractivity contribution >= 4 is 11.9 Å². The molecule has 0 heterocycles. The third kappa shape index (κ3) is 5.33. The van der Waals surface area contributed by atoms with Gasteiger partial charge in [0.25, 0.3) is 0 Å². The molecule has 0 aliphatic heterocycles. The molecule has 0 aliphatic rings. The first-order valence-corrected chi connectivity index (χ1v) is 6.51. The molecule has 0 fully saturated rings. The van der Waals surface area contributed by atoms with Crippen molar-refractivity contribution in [1.29, 1.82) is 0 Å². The summed E-state index contributed by atoms with van der Waals surface area (Å²) in [6.45, 7) is 3.52. The van der Waals surface area contributed by atoms with Crippen molar-refractivity contribution < 1.29 is 23.5 Å². The van der Waals surface area contributed by atoms with E-state index in [1.165, 1.54) is 6.07 Å². The maximum Gasteiger partial charge on any atom is 0.326 e. The lowest BCUT2D eigenvalue weighted by Gasteiger charge is -2.14. The molecule has 0 bridgehead atoms. The molecule has 0 saturated carbocycles. The van der Waals surface area contributed by atoms with Crippen LogP contribution in [0, 0.1) is 11.6 Å². The molecule has 4 nitrogen and oxygen atoms in total. The van der Waals surface area contributed by atoms with Crippen molar-refractivity contribution in [2.75, 3.05) is 0 Å². The molecule has 0 radical (unpaired) electrons. The highest BCUT2D eigenvalue weighted by atomic mass is 19.1. The number of hydrogen-bond donors (Lipinski definition) is 2. The zero-order valence-corrected chi connectivity index (χ0v) is 11.4. The van der Waals surface area contributed by atoms with Gasteiger partial charge >= 0.3 is 5.97 Å². The molecule has 0 aliphatic carbocycles. The largest absolute Gasteiger partial charge is 0.480 e. The lowest BCUT2D eigenvalue weighted by Crippen LogP contribution is -2.41. The lowest BCUT2D eigenvalue weighted by atomic mass is 10.1. The van der Waals surface area contributed by atoms with Crippen LogP contribution in [0.5, 0.6) is 0 Å². The van der Waals surface area contributed by atoms with E-state index < -0.39 is 36.0 Å². The second kappa shape index (κ2) is 8.14. The van der Waals surface area contributed by atoms with E-state index in [9.17, 15) is 18.4 Å². The summed E-state index contributed by atoms with van der Waals surface area (Å²) >= 11 is 0. The van der Waals surface area contributed by atoms with Crippen LogP contribution >= 0.6 is 0 Å². The average Bonchev–Trinajstić information content (AvgIpc) is 2.42. The SMILES string of the molecule is C=CCCC[C@@H](NC(=O)Cc1c(F)cccc1F)C(=O)O. The predicted octanol–water partition coefficient (Wildman–Crippen LogP) is 2.43. The Bertz CT molecular complexity index is 511.